The highest BCUT2D eigenvalue weighted by atomic mass is 16.2. The minimum absolute atomic E-state index is 0.401. The number of primary amides is 1. The number of rotatable bonds is 1. The lowest BCUT2D eigenvalue weighted by molar-refractivity contribution is 0.259. The molecular weight excluding hydrogens is 170 g/mol. The molecule has 2 amide bonds. The summed E-state index contributed by atoms with van der Waals surface area (Å²) in [6.07, 6.45) is 3.30. The van der Waals surface area contributed by atoms with Crippen molar-refractivity contribution < 1.29 is 4.79 Å². The van der Waals surface area contributed by atoms with Crippen LogP contribution in [-0.2, 0) is 0 Å². The second-order valence-electron chi connectivity index (χ2n) is 2.44. The average Bonchev–Trinajstić information content (AvgIpc) is 2.49. The van der Waals surface area contributed by atoms with Crippen LogP contribution in [0.3, 0.4) is 0 Å². The monoisotopic (exact) mass is 177 g/mol. The van der Waals surface area contributed by atoms with Gasteiger partial charge in [-0.3, -0.25) is 5.32 Å². The summed E-state index contributed by atoms with van der Waals surface area (Å²) in [6.45, 7) is 0. The fraction of sp³-hybridized carbons (Fsp3) is 0. The SMILES string of the molecule is NC(=O)Nc1ccc2nccn2n1. The molecular formula is C7H7N5O. The van der Waals surface area contributed by atoms with E-state index in [1.54, 1.807) is 29.0 Å². The van der Waals surface area contributed by atoms with Crippen LogP contribution in [0.25, 0.3) is 5.65 Å². The molecule has 0 saturated carbocycles. The zero-order chi connectivity index (χ0) is 9.26. The molecule has 0 fully saturated rings. The molecule has 13 heavy (non-hydrogen) atoms. The van der Waals surface area contributed by atoms with Gasteiger partial charge in [-0.05, 0) is 12.1 Å². The van der Waals surface area contributed by atoms with Gasteiger partial charge in [0.05, 0.1) is 0 Å². The van der Waals surface area contributed by atoms with Crippen LogP contribution < -0.4 is 11.1 Å². The first kappa shape index (κ1) is 7.53. The summed E-state index contributed by atoms with van der Waals surface area (Å²) in [5.41, 5.74) is 5.65. The van der Waals surface area contributed by atoms with E-state index < -0.39 is 6.03 Å². The smallest absolute Gasteiger partial charge is 0.317 e. The molecule has 0 unspecified atom stereocenters. The van der Waals surface area contributed by atoms with Crippen LogP contribution >= 0.6 is 0 Å². The van der Waals surface area contributed by atoms with Crippen LogP contribution in [0.15, 0.2) is 24.5 Å². The van der Waals surface area contributed by atoms with Gasteiger partial charge in [0.15, 0.2) is 11.5 Å². The molecule has 6 heteroatoms. The fourth-order valence-electron chi connectivity index (χ4n) is 1.01. The molecule has 2 aromatic heterocycles. The number of hydrogen-bond acceptors (Lipinski definition) is 3. The van der Waals surface area contributed by atoms with Crippen molar-refractivity contribution in [3.8, 4) is 0 Å². The van der Waals surface area contributed by atoms with Gasteiger partial charge in [-0.25, -0.2) is 14.3 Å². The van der Waals surface area contributed by atoms with Gasteiger partial charge in [0, 0.05) is 12.4 Å². The standard InChI is InChI=1S/C7H7N5O/c8-7(13)10-5-1-2-6-9-3-4-12(6)11-5/h1-4H,(H3,8,10,11,13). The zero-order valence-corrected chi connectivity index (χ0v) is 6.64. The van der Waals surface area contributed by atoms with Crippen LogP contribution in [0, 0.1) is 0 Å². The van der Waals surface area contributed by atoms with Crippen molar-refractivity contribution in [3.05, 3.63) is 24.5 Å². The number of imidazole rings is 1. The topological polar surface area (TPSA) is 85.3 Å². The quantitative estimate of drug-likeness (QED) is 0.653. The highest BCUT2D eigenvalue weighted by Gasteiger charge is 1.99. The molecule has 0 aliphatic rings. The Hall–Kier alpha value is -2.11. The third-order valence-corrected chi connectivity index (χ3v) is 1.51. The van der Waals surface area contributed by atoms with Gasteiger partial charge in [-0.1, -0.05) is 0 Å². The molecule has 0 aliphatic carbocycles. The zero-order valence-electron chi connectivity index (χ0n) is 6.64. The van der Waals surface area contributed by atoms with Gasteiger partial charge in [-0.15, -0.1) is 5.10 Å². The number of nitrogens with two attached hydrogens (primary N) is 1. The van der Waals surface area contributed by atoms with E-state index in [9.17, 15) is 4.79 Å². The van der Waals surface area contributed by atoms with Gasteiger partial charge >= 0.3 is 6.03 Å². The fourth-order valence-corrected chi connectivity index (χ4v) is 1.01. The molecule has 0 aromatic carbocycles. The van der Waals surface area contributed by atoms with Crippen LogP contribution in [0.4, 0.5) is 10.6 Å². The van der Waals surface area contributed by atoms with Crippen LogP contribution in [0.1, 0.15) is 0 Å². The molecule has 6 nitrogen and oxygen atoms in total. The molecule has 0 spiro atoms. The third-order valence-electron chi connectivity index (χ3n) is 1.51. The molecule has 0 radical (unpaired) electrons. The van der Waals surface area contributed by atoms with Crippen molar-refractivity contribution >= 4 is 17.5 Å². The van der Waals surface area contributed by atoms with Gasteiger partial charge < -0.3 is 5.73 Å². The number of carbonyl (C=O) groups is 1. The van der Waals surface area contributed by atoms with E-state index in [2.05, 4.69) is 15.4 Å². The molecule has 2 rings (SSSR count). The number of nitrogens with zero attached hydrogens (tertiary/aromatic N) is 3. The first-order chi connectivity index (χ1) is 6.25. The number of nitrogens with one attached hydrogen (secondary N) is 1. The lowest BCUT2D eigenvalue weighted by Crippen LogP contribution is -2.20. The lowest BCUT2D eigenvalue weighted by Gasteiger charge is -1.99. The number of aromatic nitrogens is 3. The number of urea groups is 1. The van der Waals surface area contributed by atoms with Crippen molar-refractivity contribution in [2.24, 2.45) is 5.73 Å². The highest BCUT2D eigenvalue weighted by Crippen LogP contribution is 2.04. The van der Waals surface area contributed by atoms with Crippen molar-refractivity contribution in [1.29, 1.82) is 0 Å². The molecule has 0 aliphatic heterocycles. The number of anilines is 1. The highest BCUT2D eigenvalue weighted by molar-refractivity contribution is 5.86. The maximum absolute atomic E-state index is 10.5. The van der Waals surface area contributed by atoms with Crippen molar-refractivity contribution in [2.75, 3.05) is 5.32 Å². The van der Waals surface area contributed by atoms with E-state index in [0.717, 1.165) is 5.65 Å². The molecule has 0 saturated heterocycles. The van der Waals surface area contributed by atoms with Gasteiger partial charge in [0.2, 0.25) is 0 Å². The summed E-state index contributed by atoms with van der Waals surface area (Å²) in [5.74, 6) is 0.401. The van der Waals surface area contributed by atoms with E-state index in [4.69, 9.17) is 5.73 Å². The van der Waals surface area contributed by atoms with E-state index in [1.165, 1.54) is 0 Å². The number of amides is 2. The van der Waals surface area contributed by atoms with Gasteiger partial charge in [0.1, 0.15) is 0 Å². The summed E-state index contributed by atoms with van der Waals surface area (Å²) >= 11 is 0. The first-order valence-corrected chi connectivity index (χ1v) is 3.62. The van der Waals surface area contributed by atoms with Gasteiger partial charge in [-0.2, -0.15) is 0 Å². The Morgan fingerprint density at radius 3 is 3.15 bits per heavy atom. The normalized spacial score (nSPS) is 10.2. The number of hydrogen-bond donors (Lipinski definition) is 2. The molecule has 0 atom stereocenters. The first-order valence-electron chi connectivity index (χ1n) is 3.62. The van der Waals surface area contributed by atoms with Crippen molar-refractivity contribution in [2.45, 2.75) is 0 Å². The van der Waals surface area contributed by atoms with E-state index >= 15 is 0 Å². The summed E-state index contributed by atoms with van der Waals surface area (Å²) in [6, 6.07) is 2.73. The Morgan fingerprint density at radius 1 is 1.54 bits per heavy atom. The summed E-state index contributed by atoms with van der Waals surface area (Å²) in [4.78, 5) is 14.5. The summed E-state index contributed by atoms with van der Waals surface area (Å²) in [7, 11) is 0. The Labute approximate surface area is 73.4 Å². The average molecular weight is 177 g/mol. The number of carbonyl (C=O) groups excluding carboxylic acids is 1. The minimum atomic E-state index is -0.632. The van der Waals surface area contributed by atoms with Crippen LogP contribution in [0.2, 0.25) is 0 Å². The third kappa shape index (κ3) is 1.41. The van der Waals surface area contributed by atoms with Crippen LogP contribution in [0.5, 0.6) is 0 Å². The van der Waals surface area contributed by atoms with E-state index in [0.29, 0.717) is 5.82 Å². The molecule has 2 aromatic rings. The Kier molecular flexibility index (Phi) is 1.59. The molecule has 3 N–H and O–H groups in total. The summed E-state index contributed by atoms with van der Waals surface area (Å²) < 4.78 is 1.55. The maximum atomic E-state index is 10.5. The second-order valence-corrected chi connectivity index (χ2v) is 2.44. The minimum Gasteiger partial charge on any atom is -0.351 e. The predicted octanol–water partition coefficient (Wildman–Crippen LogP) is 0.220. The van der Waals surface area contributed by atoms with E-state index in [-0.39, 0.29) is 0 Å². The van der Waals surface area contributed by atoms with Gasteiger partial charge in [0.25, 0.3) is 0 Å². The number of fused-ring (bicyclic) bond motifs is 1. The summed E-state index contributed by atoms with van der Waals surface area (Å²) in [5, 5.41) is 6.38. The van der Waals surface area contributed by atoms with E-state index in [1.807, 2.05) is 0 Å². The molecule has 66 valence electrons. The van der Waals surface area contributed by atoms with Crippen LogP contribution in [-0.4, -0.2) is 20.6 Å². The molecule has 2 heterocycles. The Bertz CT molecular complexity index is 449. The Balaban J connectivity index is 2.42. The molecule has 0 bridgehead atoms. The lowest BCUT2D eigenvalue weighted by atomic mass is 10.5. The Morgan fingerprint density at radius 2 is 2.38 bits per heavy atom. The second kappa shape index (κ2) is 2.74. The maximum Gasteiger partial charge on any atom is 0.317 e. The predicted molar refractivity (Wildman–Crippen MR) is 46.2 cm³/mol. The van der Waals surface area contributed by atoms with Crippen molar-refractivity contribution in [1.82, 2.24) is 14.6 Å². The largest absolute Gasteiger partial charge is 0.351 e. The van der Waals surface area contributed by atoms with Crippen molar-refractivity contribution in [3.63, 3.8) is 0 Å².